The van der Waals surface area contributed by atoms with Gasteiger partial charge in [-0.2, -0.15) is 5.10 Å². The molecule has 178 valence electrons. The molecule has 1 aliphatic rings. The molecule has 9 nitrogen and oxygen atoms in total. The molecule has 2 aromatic heterocycles. The first-order chi connectivity index (χ1) is 15.7. The number of guanidine groups is 1. The molecule has 3 aromatic rings. The molecule has 10 heteroatoms. The lowest BCUT2D eigenvalue weighted by Crippen LogP contribution is -2.39. The number of fused-ring (bicyclic) bond motifs is 1. The lowest BCUT2D eigenvalue weighted by Gasteiger charge is -2.26. The van der Waals surface area contributed by atoms with E-state index < -0.39 is 0 Å². The second-order valence-electron chi connectivity index (χ2n) is 8.16. The van der Waals surface area contributed by atoms with Crippen molar-refractivity contribution in [3.8, 4) is 0 Å². The molecule has 1 saturated heterocycles. The average molecular weight is 563 g/mol. The maximum atomic E-state index is 4.32. The molecule has 0 aliphatic carbocycles. The smallest absolute Gasteiger partial charge is 0.191 e. The van der Waals surface area contributed by atoms with Crippen LogP contribution < -0.4 is 16.0 Å². The normalized spacial score (nSPS) is 14.7. The topological polar surface area (TPSA) is 95.3 Å². The third kappa shape index (κ3) is 7.00. The number of aliphatic imine (C=N–C) groups is 1. The van der Waals surface area contributed by atoms with Crippen molar-refractivity contribution in [1.29, 1.82) is 0 Å². The molecule has 4 rings (SSSR count). The van der Waals surface area contributed by atoms with E-state index in [1.807, 2.05) is 7.05 Å². The van der Waals surface area contributed by atoms with Gasteiger partial charge in [-0.25, -0.2) is 9.97 Å². The van der Waals surface area contributed by atoms with Gasteiger partial charge in [0.05, 0.1) is 11.6 Å². The zero-order valence-corrected chi connectivity index (χ0v) is 21.7. The quantitative estimate of drug-likeness (QED) is 0.168. The highest BCUT2D eigenvalue weighted by Gasteiger charge is 2.10. The third-order valence-electron chi connectivity index (χ3n) is 5.80. The minimum Gasteiger partial charge on any atom is -0.368 e. The van der Waals surface area contributed by atoms with Gasteiger partial charge in [-0.1, -0.05) is 30.7 Å². The molecule has 1 fully saturated rings. The summed E-state index contributed by atoms with van der Waals surface area (Å²) in [6, 6.07) is 8.89. The molecule has 0 unspecified atom stereocenters. The van der Waals surface area contributed by atoms with E-state index in [9.17, 15) is 0 Å². The van der Waals surface area contributed by atoms with E-state index in [1.54, 1.807) is 24.3 Å². The van der Waals surface area contributed by atoms with Crippen LogP contribution in [0.25, 0.3) is 11.0 Å². The summed E-state index contributed by atoms with van der Waals surface area (Å²) in [4.78, 5) is 15.5. The fraction of sp³-hybridized carbons (Fsp3) is 0.478. The van der Waals surface area contributed by atoms with Gasteiger partial charge >= 0.3 is 0 Å². The van der Waals surface area contributed by atoms with Crippen molar-refractivity contribution in [3.05, 3.63) is 47.9 Å². The summed E-state index contributed by atoms with van der Waals surface area (Å²) in [7, 11) is 3.66. The summed E-state index contributed by atoms with van der Waals surface area (Å²) >= 11 is 0. The van der Waals surface area contributed by atoms with Crippen LogP contribution in [0.15, 0.2) is 41.8 Å². The van der Waals surface area contributed by atoms with Crippen LogP contribution in [0.4, 0.5) is 5.82 Å². The average Bonchev–Trinajstić information content (AvgIpc) is 3.22. The number of nitrogens with zero attached hydrogens (tertiary/aromatic N) is 6. The molecule has 0 spiro atoms. The number of piperidine rings is 1. The summed E-state index contributed by atoms with van der Waals surface area (Å²) in [5.74, 6) is 1.57. The number of benzene rings is 1. The Hall–Kier alpha value is -2.47. The molecule has 0 amide bonds. The van der Waals surface area contributed by atoms with Gasteiger partial charge in [0, 0.05) is 40.3 Å². The second-order valence-corrected chi connectivity index (χ2v) is 8.16. The summed E-state index contributed by atoms with van der Waals surface area (Å²) in [5.41, 5.74) is 3.44. The van der Waals surface area contributed by atoms with E-state index >= 15 is 0 Å². The molecular weight excluding hydrogens is 529 g/mol. The van der Waals surface area contributed by atoms with Crippen molar-refractivity contribution >= 4 is 46.8 Å². The first-order valence-electron chi connectivity index (χ1n) is 11.3. The first-order valence-corrected chi connectivity index (χ1v) is 11.3. The molecule has 0 bridgehead atoms. The van der Waals surface area contributed by atoms with Crippen molar-refractivity contribution in [2.24, 2.45) is 12.0 Å². The number of hydrogen-bond donors (Lipinski definition) is 3. The molecule has 0 atom stereocenters. The fourth-order valence-electron chi connectivity index (χ4n) is 4.01. The minimum absolute atomic E-state index is 0. The Bertz CT molecular complexity index is 1030. The van der Waals surface area contributed by atoms with Crippen LogP contribution in [-0.2, 0) is 20.1 Å². The predicted molar refractivity (Wildman–Crippen MR) is 144 cm³/mol. The van der Waals surface area contributed by atoms with Gasteiger partial charge in [0.15, 0.2) is 11.6 Å². The van der Waals surface area contributed by atoms with Crippen LogP contribution in [0.1, 0.15) is 30.4 Å². The van der Waals surface area contributed by atoms with Crippen LogP contribution in [0.5, 0.6) is 0 Å². The largest absolute Gasteiger partial charge is 0.368 e. The Morgan fingerprint density at radius 3 is 2.52 bits per heavy atom. The number of likely N-dealkylation sites (tertiary alicyclic amines) is 1. The fourth-order valence-corrected chi connectivity index (χ4v) is 4.01. The van der Waals surface area contributed by atoms with Crippen molar-refractivity contribution in [1.82, 2.24) is 35.3 Å². The first kappa shape index (κ1) is 25.2. The number of aryl methyl sites for hydroxylation is 1. The predicted octanol–water partition coefficient (Wildman–Crippen LogP) is 2.74. The molecule has 3 heterocycles. The maximum Gasteiger partial charge on any atom is 0.191 e. The highest BCUT2D eigenvalue weighted by atomic mass is 127. The molecular formula is C23H34IN9. The van der Waals surface area contributed by atoms with Gasteiger partial charge in [0.2, 0.25) is 0 Å². The highest BCUT2D eigenvalue weighted by molar-refractivity contribution is 14.0. The van der Waals surface area contributed by atoms with Gasteiger partial charge in [0.25, 0.3) is 0 Å². The van der Waals surface area contributed by atoms with Crippen LogP contribution in [0.2, 0.25) is 0 Å². The van der Waals surface area contributed by atoms with Gasteiger partial charge < -0.3 is 16.0 Å². The van der Waals surface area contributed by atoms with Crippen LogP contribution in [0.3, 0.4) is 0 Å². The van der Waals surface area contributed by atoms with Crippen molar-refractivity contribution in [2.45, 2.75) is 32.4 Å². The summed E-state index contributed by atoms with van der Waals surface area (Å²) in [5, 5.41) is 15.2. The highest BCUT2D eigenvalue weighted by Crippen LogP contribution is 2.17. The van der Waals surface area contributed by atoms with Crippen molar-refractivity contribution in [2.75, 3.05) is 38.5 Å². The SMILES string of the molecule is CN=C(NCCNc1ncnc2c1cnn2C)NCc1ccc(CN2CCCCC2)cc1.I. The number of aromatic nitrogens is 4. The number of hydrogen-bond acceptors (Lipinski definition) is 6. The Morgan fingerprint density at radius 1 is 1.00 bits per heavy atom. The van der Waals surface area contributed by atoms with E-state index in [0.29, 0.717) is 13.1 Å². The standard InChI is InChI=1S/C23H33N9.HI/c1-24-23(26-11-10-25-21-20-15-30-31(2)22(20)29-17-28-21)27-14-18-6-8-19(9-7-18)16-32-12-4-3-5-13-32;/h6-9,15,17H,3-5,10-14,16H2,1-2H3,(H2,24,26,27)(H,25,28,29);1H. The van der Waals surface area contributed by atoms with Crippen LogP contribution in [0, 0.1) is 0 Å². The van der Waals surface area contributed by atoms with E-state index in [2.05, 4.69) is 65.2 Å². The third-order valence-corrected chi connectivity index (χ3v) is 5.80. The summed E-state index contributed by atoms with van der Waals surface area (Å²) < 4.78 is 1.74. The molecule has 0 radical (unpaired) electrons. The second kappa shape index (κ2) is 12.7. The molecule has 3 N–H and O–H groups in total. The van der Waals surface area contributed by atoms with Gasteiger partial charge in [-0.05, 0) is 37.1 Å². The Balaban J connectivity index is 0.00000306. The van der Waals surface area contributed by atoms with Crippen molar-refractivity contribution < 1.29 is 0 Å². The summed E-state index contributed by atoms with van der Waals surface area (Å²) in [6.07, 6.45) is 7.37. The lowest BCUT2D eigenvalue weighted by atomic mass is 10.1. The van der Waals surface area contributed by atoms with Gasteiger partial charge in [-0.15, -0.1) is 24.0 Å². The number of rotatable bonds is 8. The molecule has 33 heavy (non-hydrogen) atoms. The zero-order valence-electron chi connectivity index (χ0n) is 19.4. The summed E-state index contributed by atoms with van der Waals surface area (Å²) in [6.45, 7) is 5.66. The Morgan fingerprint density at radius 2 is 1.76 bits per heavy atom. The molecule has 0 saturated carbocycles. The van der Waals surface area contributed by atoms with E-state index in [1.165, 1.54) is 43.5 Å². The van der Waals surface area contributed by atoms with Gasteiger partial charge in [-0.3, -0.25) is 14.6 Å². The monoisotopic (exact) mass is 563 g/mol. The van der Waals surface area contributed by atoms with Gasteiger partial charge in [0.1, 0.15) is 12.1 Å². The number of nitrogens with one attached hydrogen (secondary N) is 3. The Kier molecular flexibility index (Phi) is 9.67. The van der Waals surface area contributed by atoms with E-state index in [4.69, 9.17) is 0 Å². The van der Waals surface area contributed by atoms with E-state index in [-0.39, 0.29) is 24.0 Å². The maximum absolute atomic E-state index is 4.32. The Labute approximate surface area is 212 Å². The lowest BCUT2D eigenvalue weighted by molar-refractivity contribution is 0.221. The van der Waals surface area contributed by atoms with Crippen LogP contribution >= 0.6 is 24.0 Å². The molecule has 1 aromatic carbocycles. The van der Waals surface area contributed by atoms with Crippen LogP contribution in [-0.4, -0.2) is 63.8 Å². The zero-order chi connectivity index (χ0) is 22.2. The minimum atomic E-state index is 0. The number of anilines is 1. The van der Waals surface area contributed by atoms with E-state index in [0.717, 1.165) is 35.9 Å². The van der Waals surface area contributed by atoms with Crippen molar-refractivity contribution in [3.63, 3.8) is 0 Å². The molecule has 1 aliphatic heterocycles. The number of halogens is 1.